The third-order valence-corrected chi connectivity index (χ3v) is 5.94. The average Bonchev–Trinajstić information content (AvgIpc) is 3.33. The first-order valence-electron chi connectivity index (χ1n) is 11.5. The van der Waals surface area contributed by atoms with Gasteiger partial charge in [0.1, 0.15) is 24.2 Å². The Kier molecular flexibility index (Phi) is 8.03. The van der Waals surface area contributed by atoms with Crippen LogP contribution >= 0.6 is 0 Å². The van der Waals surface area contributed by atoms with Crippen molar-refractivity contribution in [3.8, 4) is 11.5 Å². The second-order valence-electron chi connectivity index (χ2n) is 8.26. The molecule has 0 aliphatic heterocycles. The van der Waals surface area contributed by atoms with Crippen LogP contribution in [0.4, 0.5) is 0 Å². The van der Waals surface area contributed by atoms with E-state index in [2.05, 4.69) is 40.8 Å². The molecule has 3 aromatic carbocycles. The second kappa shape index (κ2) is 11.6. The topological polar surface area (TPSA) is 92.8 Å². The molecule has 0 amide bonds. The molecule has 0 aliphatic rings. The van der Waals surface area contributed by atoms with Crippen molar-refractivity contribution in [3.05, 3.63) is 95.7 Å². The molecule has 4 aromatic rings. The number of rotatable bonds is 11. The number of fused-ring (bicyclic) bond motifs is 1. The Morgan fingerprint density at radius 1 is 0.971 bits per heavy atom. The summed E-state index contributed by atoms with van der Waals surface area (Å²) in [5.41, 5.74) is 3.82. The maximum atomic E-state index is 11.7. The van der Waals surface area contributed by atoms with Gasteiger partial charge in [-0.25, -0.2) is 4.79 Å². The van der Waals surface area contributed by atoms with Gasteiger partial charge in [-0.15, -0.1) is 0 Å². The summed E-state index contributed by atoms with van der Waals surface area (Å²) in [6.07, 6.45) is 1.32. The molecular weight excluding hydrogens is 444 g/mol. The molecule has 1 aromatic heterocycles. The van der Waals surface area contributed by atoms with Crippen molar-refractivity contribution in [2.45, 2.75) is 12.0 Å². The van der Waals surface area contributed by atoms with E-state index in [0.29, 0.717) is 24.4 Å². The zero-order chi connectivity index (χ0) is 24.6. The van der Waals surface area contributed by atoms with Gasteiger partial charge in [0.05, 0.1) is 19.8 Å². The number of aliphatic hydroxyl groups excluding tert-OH is 1. The third-order valence-electron chi connectivity index (χ3n) is 5.94. The van der Waals surface area contributed by atoms with Gasteiger partial charge in [-0.3, -0.25) is 0 Å². The van der Waals surface area contributed by atoms with Crippen LogP contribution in [0.25, 0.3) is 10.9 Å². The minimum absolute atomic E-state index is 0.0712. The summed E-state index contributed by atoms with van der Waals surface area (Å²) in [6.45, 7) is 1.08. The summed E-state index contributed by atoms with van der Waals surface area (Å²) in [4.78, 5) is 15.1. The van der Waals surface area contributed by atoms with Gasteiger partial charge in [0.2, 0.25) is 0 Å². The third kappa shape index (κ3) is 6.01. The summed E-state index contributed by atoms with van der Waals surface area (Å²) in [7, 11) is 2.99. The maximum absolute atomic E-state index is 11.7. The molecule has 0 spiro atoms. The van der Waals surface area contributed by atoms with E-state index in [1.54, 1.807) is 31.4 Å². The molecule has 0 aliphatic carbocycles. The summed E-state index contributed by atoms with van der Waals surface area (Å²) in [5, 5.41) is 15.0. The molecule has 0 saturated heterocycles. The lowest BCUT2D eigenvalue weighted by Crippen LogP contribution is -2.34. The first-order chi connectivity index (χ1) is 17.1. The van der Waals surface area contributed by atoms with Crippen molar-refractivity contribution in [2.75, 3.05) is 33.9 Å². The molecule has 0 unspecified atom stereocenters. The number of carbonyl (C=O) groups excluding carboxylic acids is 1. The van der Waals surface area contributed by atoms with Crippen LogP contribution in [-0.4, -0.2) is 56.1 Å². The van der Waals surface area contributed by atoms with E-state index in [4.69, 9.17) is 14.2 Å². The van der Waals surface area contributed by atoms with Gasteiger partial charge in [-0.05, 0) is 47.5 Å². The number of ether oxygens (including phenoxy) is 3. The van der Waals surface area contributed by atoms with Crippen LogP contribution in [0.5, 0.6) is 11.5 Å². The monoisotopic (exact) mass is 474 g/mol. The number of para-hydroxylation sites is 1. The first-order valence-corrected chi connectivity index (χ1v) is 11.5. The summed E-state index contributed by atoms with van der Waals surface area (Å²) < 4.78 is 15.7. The highest BCUT2D eigenvalue weighted by Crippen LogP contribution is 2.31. The zero-order valence-corrected chi connectivity index (χ0v) is 19.9. The molecule has 0 radical (unpaired) electrons. The van der Waals surface area contributed by atoms with Crippen molar-refractivity contribution in [2.24, 2.45) is 0 Å². The van der Waals surface area contributed by atoms with Gasteiger partial charge in [-0.1, -0.05) is 36.4 Å². The molecule has 0 fully saturated rings. The molecule has 35 heavy (non-hydrogen) atoms. The number of carbonyl (C=O) groups is 1. The number of methoxy groups -OCH3 is 2. The smallest absolute Gasteiger partial charge is 0.337 e. The van der Waals surface area contributed by atoms with Crippen LogP contribution < -0.4 is 14.8 Å². The van der Waals surface area contributed by atoms with Gasteiger partial charge < -0.3 is 29.6 Å². The minimum Gasteiger partial charge on any atom is -0.497 e. The molecular formula is C28H30N2O5. The number of H-pyrrole nitrogens is 1. The van der Waals surface area contributed by atoms with Gasteiger partial charge in [0.25, 0.3) is 0 Å². The number of aliphatic hydroxyl groups is 1. The Morgan fingerprint density at radius 2 is 1.77 bits per heavy atom. The molecule has 4 rings (SSSR count). The largest absolute Gasteiger partial charge is 0.497 e. The Balaban J connectivity index is 1.40. The number of aromatic nitrogens is 1. The van der Waals surface area contributed by atoms with Crippen LogP contribution in [-0.2, 0) is 4.74 Å². The molecule has 7 heteroatoms. The number of aromatic amines is 1. The fraction of sp³-hybridized carbons (Fsp3) is 0.250. The SMILES string of the molecule is COC(=O)c1cccc(OC[C@H](O)CNC[C@H](c2ccc(OC)cc2)c2c[nH]c3ccccc23)c1. The van der Waals surface area contributed by atoms with E-state index in [-0.39, 0.29) is 12.5 Å². The van der Waals surface area contributed by atoms with Crippen molar-refractivity contribution < 1.29 is 24.1 Å². The van der Waals surface area contributed by atoms with E-state index >= 15 is 0 Å². The van der Waals surface area contributed by atoms with E-state index in [1.807, 2.05) is 24.3 Å². The highest BCUT2D eigenvalue weighted by molar-refractivity contribution is 5.89. The Labute approximate surface area is 204 Å². The van der Waals surface area contributed by atoms with Gasteiger partial charge in [0, 0.05) is 36.1 Å². The first kappa shape index (κ1) is 24.3. The van der Waals surface area contributed by atoms with Crippen molar-refractivity contribution in [3.63, 3.8) is 0 Å². The number of hydrogen-bond donors (Lipinski definition) is 3. The van der Waals surface area contributed by atoms with Crippen molar-refractivity contribution in [1.82, 2.24) is 10.3 Å². The highest BCUT2D eigenvalue weighted by Gasteiger charge is 2.19. The predicted octanol–water partition coefficient (Wildman–Crippen LogP) is 4.12. The van der Waals surface area contributed by atoms with Crippen LogP contribution in [0.1, 0.15) is 27.4 Å². The maximum Gasteiger partial charge on any atom is 0.337 e. The molecule has 0 saturated carbocycles. The standard InChI is InChI=1S/C28H30N2O5/c1-33-22-12-10-19(11-13-22)25(26-17-30-27-9-4-3-8-24(26)27)16-29-15-21(31)18-35-23-7-5-6-20(14-23)28(32)34-2/h3-14,17,21,25,29-31H,15-16,18H2,1-2H3/t21-,25-/m1/s1. The van der Waals surface area contributed by atoms with Crippen molar-refractivity contribution >= 4 is 16.9 Å². The van der Waals surface area contributed by atoms with E-state index < -0.39 is 12.1 Å². The van der Waals surface area contributed by atoms with E-state index in [0.717, 1.165) is 16.8 Å². The minimum atomic E-state index is -0.726. The lowest BCUT2D eigenvalue weighted by atomic mass is 9.90. The fourth-order valence-corrected chi connectivity index (χ4v) is 4.10. The predicted molar refractivity (Wildman–Crippen MR) is 135 cm³/mol. The number of hydrogen-bond acceptors (Lipinski definition) is 6. The van der Waals surface area contributed by atoms with Crippen LogP contribution in [0.15, 0.2) is 79.0 Å². The Bertz CT molecular complexity index is 1250. The molecule has 0 bridgehead atoms. The fourth-order valence-electron chi connectivity index (χ4n) is 4.10. The number of nitrogens with one attached hydrogen (secondary N) is 2. The lowest BCUT2D eigenvalue weighted by Gasteiger charge is -2.20. The van der Waals surface area contributed by atoms with Crippen LogP contribution in [0.2, 0.25) is 0 Å². The average molecular weight is 475 g/mol. The van der Waals surface area contributed by atoms with Gasteiger partial charge in [0.15, 0.2) is 0 Å². The normalized spacial score (nSPS) is 12.8. The summed E-state index contributed by atoms with van der Waals surface area (Å²) in [6, 6.07) is 23.0. The molecule has 2 atom stereocenters. The Hall–Kier alpha value is -3.81. The van der Waals surface area contributed by atoms with E-state index in [9.17, 15) is 9.90 Å². The quantitative estimate of drug-likeness (QED) is 0.283. The number of esters is 1. The van der Waals surface area contributed by atoms with Crippen LogP contribution in [0.3, 0.4) is 0 Å². The molecule has 182 valence electrons. The highest BCUT2D eigenvalue weighted by atomic mass is 16.5. The summed E-state index contributed by atoms with van der Waals surface area (Å²) >= 11 is 0. The lowest BCUT2D eigenvalue weighted by molar-refractivity contribution is 0.0600. The molecule has 1 heterocycles. The van der Waals surface area contributed by atoms with Crippen molar-refractivity contribution in [1.29, 1.82) is 0 Å². The second-order valence-corrected chi connectivity index (χ2v) is 8.26. The van der Waals surface area contributed by atoms with E-state index in [1.165, 1.54) is 18.1 Å². The van der Waals surface area contributed by atoms with Gasteiger partial charge >= 0.3 is 5.97 Å². The summed E-state index contributed by atoms with van der Waals surface area (Å²) in [5.74, 6) is 0.950. The number of benzene rings is 3. The Morgan fingerprint density at radius 3 is 2.54 bits per heavy atom. The van der Waals surface area contributed by atoms with Crippen LogP contribution in [0, 0.1) is 0 Å². The molecule has 7 nitrogen and oxygen atoms in total. The van der Waals surface area contributed by atoms with Gasteiger partial charge in [-0.2, -0.15) is 0 Å². The molecule has 3 N–H and O–H groups in total. The zero-order valence-electron chi connectivity index (χ0n) is 19.9.